The summed E-state index contributed by atoms with van der Waals surface area (Å²) in [5.74, 6) is 1.07. The molecule has 1 saturated heterocycles. The Morgan fingerprint density at radius 2 is 1.94 bits per heavy atom. The highest BCUT2D eigenvalue weighted by Gasteiger charge is 2.39. The van der Waals surface area contributed by atoms with Crippen LogP contribution in [0.15, 0.2) is 35.0 Å². The lowest BCUT2D eigenvalue weighted by molar-refractivity contribution is 0.160. The summed E-state index contributed by atoms with van der Waals surface area (Å²) in [7, 11) is 3.69. The predicted octanol–water partition coefficient (Wildman–Crippen LogP) is 4.38. The van der Waals surface area contributed by atoms with Crippen LogP contribution in [0.3, 0.4) is 0 Å². The minimum Gasteiger partial charge on any atom is -0.507 e. The fourth-order valence-electron chi connectivity index (χ4n) is 4.96. The van der Waals surface area contributed by atoms with Crippen LogP contribution in [0.25, 0.3) is 17.0 Å². The molecule has 0 bridgehead atoms. The summed E-state index contributed by atoms with van der Waals surface area (Å²) in [4.78, 5) is 10.7. The number of piperidine rings is 1. The van der Waals surface area contributed by atoms with Gasteiger partial charge in [-0.2, -0.15) is 5.26 Å². The third-order valence-electron chi connectivity index (χ3n) is 6.25. The first-order valence-corrected chi connectivity index (χ1v) is 11.6. The number of aromatic nitrogens is 3. The van der Waals surface area contributed by atoms with E-state index in [4.69, 9.17) is 0 Å². The molecule has 3 rings (SSSR count). The Hall–Kier alpha value is -3.31. The Morgan fingerprint density at radius 3 is 2.44 bits per heavy atom. The molecule has 0 saturated carbocycles. The summed E-state index contributed by atoms with van der Waals surface area (Å²) in [6.07, 6.45) is 5.89. The number of phenolic OH excluding ortho intramolecular Hbond substituents is 1. The van der Waals surface area contributed by atoms with E-state index in [0.29, 0.717) is 46.4 Å². The van der Waals surface area contributed by atoms with Crippen LogP contribution in [0, 0.1) is 11.3 Å². The second-order valence-corrected chi connectivity index (χ2v) is 10.2. The molecule has 2 N–H and O–H groups in total. The number of nitriles is 1. The van der Waals surface area contributed by atoms with Crippen LogP contribution in [-0.4, -0.2) is 57.7 Å². The lowest BCUT2D eigenvalue weighted by atomic mass is 9.79. The molecule has 2 heterocycles. The molecular weight excluding hydrogens is 426 g/mol. The van der Waals surface area contributed by atoms with Crippen molar-refractivity contribution < 1.29 is 5.11 Å². The zero-order chi connectivity index (χ0) is 25.1. The smallest absolute Gasteiger partial charge is 0.185 e. The number of hydrogen-bond acceptors (Lipinski definition) is 8. The van der Waals surface area contributed by atoms with Crippen molar-refractivity contribution in [1.29, 1.82) is 5.26 Å². The van der Waals surface area contributed by atoms with Crippen molar-refractivity contribution in [2.75, 3.05) is 19.0 Å². The number of allylic oxidation sites excluding steroid dienone is 2. The van der Waals surface area contributed by atoms with Gasteiger partial charge in [0.05, 0.1) is 17.8 Å². The maximum Gasteiger partial charge on any atom is 0.185 e. The molecule has 1 aromatic heterocycles. The van der Waals surface area contributed by atoms with Crippen LogP contribution in [0.5, 0.6) is 5.75 Å². The number of hydrogen-bond donors (Lipinski definition) is 2. The molecule has 180 valence electrons. The highest BCUT2D eigenvalue weighted by Crippen LogP contribution is 2.34. The molecule has 8 heteroatoms. The number of rotatable bonds is 6. The van der Waals surface area contributed by atoms with E-state index in [1.165, 1.54) is 0 Å². The Morgan fingerprint density at radius 1 is 1.26 bits per heavy atom. The van der Waals surface area contributed by atoms with Crippen LogP contribution in [0.4, 0.5) is 5.82 Å². The van der Waals surface area contributed by atoms with Crippen molar-refractivity contribution >= 4 is 17.6 Å². The number of benzene rings is 1. The second-order valence-electron chi connectivity index (χ2n) is 10.2. The Balaban J connectivity index is 1.86. The number of aromatic hydroxyl groups is 1. The Kier molecular flexibility index (Phi) is 7.37. The number of aliphatic imine (C=N–C) groups is 1. The molecule has 8 nitrogen and oxygen atoms in total. The van der Waals surface area contributed by atoms with Gasteiger partial charge in [-0.15, -0.1) is 10.2 Å². The lowest BCUT2D eigenvalue weighted by Crippen LogP contribution is -2.62. The monoisotopic (exact) mass is 461 g/mol. The van der Waals surface area contributed by atoms with Gasteiger partial charge < -0.3 is 15.3 Å². The number of nitrogens with one attached hydrogen (secondary N) is 1. The highest BCUT2D eigenvalue weighted by atomic mass is 16.3. The average molecular weight is 462 g/mol. The second kappa shape index (κ2) is 9.90. The summed E-state index contributed by atoms with van der Waals surface area (Å²) >= 11 is 0. The lowest BCUT2D eigenvalue weighted by Gasteiger charge is -2.49. The molecule has 0 atom stereocenters. The van der Waals surface area contributed by atoms with Crippen molar-refractivity contribution in [2.45, 2.75) is 71.0 Å². The minimum atomic E-state index is 0.0218. The first-order valence-electron chi connectivity index (χ1n) is 11.6. The van der Waals surface area contributed by atoms with Gasteiger partial charge in [0.2, 0.25) is 0 Å². The molecule has 34 heavy (non-hydrogen) atoms. The largest absolute Gasteiger partial charge is 0.507 e. The third-order valence-corrected chi connectivity index (χ3v) is 6.25. The molecule has 1 aliphatic rings. The SMILES string of the molecule is CC/C(C#N)=C(\C=NC)c1ccc(-c2ncc(N(C)C3CC(C)(C)NC(C)(C)C3)nn2)c(O)c1. The predicted molar refractivity (Wildman–Crippen MR) is 137 cm³/mol. The maximum absolute atomic E-state index is 10.7. The molecule has 0 unspecified atom stereocenters. The summed E-state index contributed by atoms with van der Waals surface area (Å²) in [6, 6.07) is 7.72. The third kappa shape index (κ3) is 5.60. The van der Waals surface area contributed by atoms with Crippen molar-refractivity contribution in [3.63, 3.8) is 0 Å². The number of nitrogens with zero attached hydrogens (tertiary/aromatic N) is 6. The number of phenols is 1. The fourth-order valence-corrected chi connectivity index (χ4v) is 4.96. The molecule has 1 aromatic carbocycles. The van der Waals surface area contributed by atoms with Crippen molar-refractivity contribution in [1.82, 2.24) is 20.5 Å². The summed E-state index contributed by atoms with van der Waals surface area (Å²) in [6.45, 7) is 10.8. The van der Waals surface area contributed by atoms with Gasteiger partial charge in [0.15, 0.2) is 11.6 Å². The first-order chi connectivity index (χ1) is 16.0. The van der Waals surface area contributed by atoms with Gasteiger partial charge in [0.1, 0.15) is 5.75 Å². The van der Waals surface area contributed by atoms with E-state index in [-0.39, 0.29) is 16.8 Å². The zero-order valence-electron chi connectivity index (χ0n) is 21.2. The van der Waals surface area contributed by atoms with Gasteiger partial charge in [-0.3, -0.25) is 4.99 Å². The van der Waals surface area contributed by atoms with E-state index in [9.17, 15) is 10.4 Å². The van der Waals surface area contributed by atoms with Crippen LogP contribution < -0.4 is 10.2 Å². The molecule has 0 spiro atoms. The quantitative estimate of drug-likeness (QED) is 0.485. The van der Waals surface area contributed by atoms with Crippen LogP contribution in [-0.2, 0) is 0 Å². The van der Waals surface area contributed by atoms with Gasteiger partial charge in [0.25, 0.3) is 0 Å². The highest BCUT2D eigenvalue weighted by molar-refractivity contribution is 6.12. The van der Waals surface area contributed by atoms with Gasteiger partial charge in [-0.25, -0.2) is 4.98 Å². The van der Waals surface area contributed by atoms with Crippen molar-refractivity contribution in [3.8, 4) is 23.2 Å². The average Bonchev–Trinajstić information content (AvgIpc) is 2.77. The summed E-state index contributed by atoms with van der Waals surface area (Å²) < 4.78 is 0. The molecule has 0 amide bonds. The molecule has 1 fully saturated rings. The molecule has 2 aromatic rings. The Labute approximate surface area is 202 Å². The molecule has 0 aliphatic carbocycles. The van der Waals surface area contributed by atoms with E-state index in [1.807, 2.05) is 20.0 Å². The molecular formula is C26H35N7O. The number of anilines is 1. The van der Waals surface area contributed by atoms with E-state index in [1.54, 1.807) is 31.6 Å². The minimum absolute atomic E-state index is 0.0218. The normalized spacial score (nSPS) is 18.4. The van der Waals surface area contributed by atoms with Gasteiger partial charge in [0, 0.05) is 48.6 Å². The van der Waals surface area contributed by atoms with Gasteiger partial charge >= 0.3 is 0 Å². The van der Waals surface area contributed by atoms with E-state index >= 15 is 0 Å². The van der Waals surface area contributed by atoms with E-state index in [2.05, 4.69) is 64.2 Å². The topological polar surface area (TPSA) is 110 Å². The molecule has 1 aliphatic heterocycles. The van der Waals surface area contributed by atoms with Crippen LogP contribution in [0.1, 0.15) is 59.4 Å². The van der Waals surface area contributed by atoms with Gasteiger partial charge in [-0.05, 0) is 64.7 Å². The maximum atomic E-state index is 10.7. The van der Waals surface area contributed by atoms with Crippen molar-refractivity contribution in [2.24, 2.45) is 4.99 Å². The first kappa shape index (κ1) is 25.3. The molecule has 0 radical (unpaired) electrons. The fraction of sp³-hybridized carbons (Fsp3) is 0.500. The van der Waals surface area contributed by atoms with Crippen LogP contribution in [0.2, 0.25) is 0 Å². The Bertz CT molecular complexity index is 1110. The van der Waals surface area contributed by atoms with Gasteiger partial charge in [-0.1, -0.05) is 13.0 Å². The van der Waals surface area contributed by atoms with E-state index < -0.39 is 0 Å². The summed E-state index contributed by atoms with van der Waals surface area (Å²) in [5.41, 5.74) is 2.54. The van der Waals surface area contributed by atoms with Crippen molar-refractivity contribution in [3.05, 3.63) is 35.5 Å². The zero-order valence-corrected chi connectivity index (χ0v) is 21.2. The standard InChI is InChI=1S/C26H35N7O/c1-8-17(14-27)21(15-28-6)18-9-10-20(22(34)11-18)24-29-16-23(30-31-24)33(7)19-12-25(2,3)32-26(4,5)13-19/h9-11,15-16,19,32,34H,8,12-13H2,1-7H3/b21-17-,28-15?. The summed E-state index contributed by atoms with van der Waals surface area (Å²) in [5, 5.41) is 32.6. The van der Waals surface area contributed by atoms with Crippen LogP contribution >= 0.6 is 0 Å². The van der Waals surface area contributed by atoms with E-state index in [0.717, 1.165) is 12.8 Å².